The van der Waals surface area contributed by atoms with Crippen molar-refractivity contribution >= 4 is 34.5 Å². The van der Waals surface area contributed by atoms with Crippen molar-refractivity contribution in [2.45, 2.75) is 19.3 Å². The Hall–Kier alpha value is -1.43. The molecule has 2 aliphatic rings. The third-order valence-electron chi connectivity index (χ3n) is 2.26. The zero-order valence-electron chi connectivity index (χ0n) is 8.42. The number of carbonyl (C=O) groups excluding carboxylic acids is 1. The van der Waals surface area contributed by atoms with Gasteiger partial charge in [-0.1, -0.05) is 17.8 Å². The summed E-state index contributed by atoms with van der Waals surface area (Å²) in [5.41, 5.74) is 0. The SMILES string of the molecule is O=C(O)CCCC1=NC(=O)C2C=CSC2=N1. The fraction of sp³-hybridized carbons (Fsp3) is 0.400. The number of carboxylic acids is 1. The molecule has 2 aliphatic heterocycles. The molecule has 0 saturated carbocycles. The van der Waals surface area contributed by atoms with Gasteiger partial charge in [0.15, 0.2) is 0 Å². The summed E-state index contributed by atoms with van der Waals surface area (Å²) in [6, 6.07) is 0. The molecule has 0 aromatic heterocycles. The Balaban J connectivity index is 1.97. The van der Waals surface area contributed by atoms with Gasteiger partial charge >= 0.3 is 5.97 Å². The summed E-state index contributed by atoms with van der Waals surface area (Å²) in [7, 11) is 0. The van der Waals surface area contributed by atoms with Crippen molar-refractivity contribution in [1.29, 1.82) is 0 Å². The van der Waals surface area contributed by atoms with E-state index in [1.165, 1.54) is 11.8 Å². The van der Waals surface area contributed by atoms with Gasteiger partial charge in [0.25, 0.3) is 5.91 Å². The molecule has 2 rings (SSSR count). The highest BCUT2D eigenvalue weighted by Gasteiger charge is 2.29. The van der Waals surface area contributed by atoms with E-state index >= 15 is 0 Å². The molecule has 6 heteroatoms. The summed E-state index contributed by atoms with van der Waals surface area (Å²) >= 11 is 1.43. The lowest BCUT2D eigenvalue weighted by atomic mass is 10.1. The molecule has 0 saturated heterocycles. The number of rotatable bonds is 4. The molecule has 0 radical (unpaired) electrons. The summed E-state index contributed by atoms with van der Waals surface area (Å²) in [5.74, 6) is -0.885. The van der Waals surface area contributed by atoms with Gasteiger partial charge in [0.1, 0.15) is 11.8 Å². The van der Waals surface area contributed by atoms with Crippen molar-refractivity contribution in [2.24, 2.45) is 15.9 Å². The smallest absolute Gasteiger partial charge is 0.303 e. The predicted molar refractivity (Wildman–Crippen MR) is 61.6 cm³/mol. The number of carbonyl (C=O) groups is 2. The normalized spacial score (nSPS) is 22.8. The molecule has 0 aromatic carbocycles. The molecule has 0 fully saturated rings. The molecule has 0 spiro atoms. The van der Waals surface area contributed by atoms with E-state index in [-0.39, 0.29) is 18.2 Å². The van der Waals surface area contributed by atoms with Gasteiger partial charge < -0.3 is 5.11 Å². The van der Waals surface area contributed by atoms with Crippen LogP contribution in [0.15, 0.2) is 21.5 Å². The number of aliphatic carboxylic acids is 1. The third-order valence-corrected chi connectivity index (χ3v) is 3.14. The second kappa shape index (κ2) is 4.61. The lowest BCUT2D eigenvalue weighted by molar-refractivity contribution is -0.137. The van der Waals surface area contributed by atoms with Gasteiger partial charge in [0.05, 0.1) is 5.04 Å². The largest absolute Gasteiger partial charge is 0.481 e. The Morgan fingerprint density at radius 3 is 3.06 bits per heavy atom. The monoisotopic (exact) mass is 238 g/mol. The van der Waals surface area contributed by atoms with Crippen molar-refractivity contribution in [3.8, 4) is 0 Å². The molecule has 0 aromatic rings. The molecule has 1 N–H and O–H groups in total. The van der Waals surface area contributed by atoms with Gasteiger partial charge in [-0.2, -0.15) is 4.99 Å². The number of hydrogen-bond acceptors (Lipinski definition) is 4. The second-order valence-corrected chi connectivity index (χ2v) is 4.41. The number of amidine groups is 1. The van der Waals surface area contributed by atoms with Crippen LogP contribution in [-0.2, 0) is 9.59 Å². The van der Waals surface area contributed by atoms with E-state index in [0.29, 0.717) is 18.7 Å². The minimum atomic E-state index is -0.842. The molecule has 0 aliphatic carbocycles. The molecule has 1 unspecified atom stereocenters. The first kappa shape index (κ1) is 11.1. The van der Waals surface area contributed by atoms with E-state index < -0.39 is 5.97 Å². The number of nitrogens with zero attached hydrogens (tertiary/aromatic N) is 2. The van der Waals surface area contributed by atoms with Crippen LogP contribution < -0.4 is 0 Å². The quantitative estimate of drug-likeness (QED) is 0.804. The van der Waals surface area contributed by atoms with Gasteiger partial charge in [0.2, 0.25) is 0 Å². The van der Waals surface area contributed by atoms with E-state index in [9.17, 15) is 9.59 Å². The van der Waals surface area contributed by atoms with E-state index in [0.717, 1.165) is 5.04 Å². The summed E-state index contributed by atoms with van der Waals surface area (Å²) in [6.45, 7) is 0. The van der Waals surface area contributed by atoms with Crippen LogP contribution in [0.2, 0.25) is 0 Å². The Morgan fingerprint density at radius 2 is 2.31 bits per heavy atom. The van der Waals surface area contributed by atoms with Gasteiger partial charge in [-0.25, -0.2) is 4.99 Å². The highest BCUT2D eigenvalue weighted by atomic mass is 32.2. The van der Waals surface area contributed by atoms with Crippen LogP contribution in [-0.4, -0.2) is 27.9 Å². The van der Waals surface area contributed by atoms with Gasteiger partial charge in [-0.15, -0.1) is 0 Å². The lowest BCUT2D eigenvalue weighted by Gasteiger charge is -2.12. The molecular weight excluding hydrogens is 228 g/mol. The number of amides is 1. The molecule has 84 valence electrons. The van der Waals surface area contributed by atoms with Crippen molar-refractivity contribution in [2.75, 3.05) is 0 Å². The van der Waals surface area contributed by atoms with E-state index in [4.69, 9.17) is 5.11 Å². The van der Waals surface area contributed by atoms with Crippen molar-refractivity contribution in [1.82, 2.24) is 0 Å². The molecule has 16 heavy (non-hydrogen) atoms. The van der Waals surface area contributed by atoms with E-state index in [1.54, 1.807) is 6.08 Å². The van der Waals surface area contributed by atoms with Crippen molar-refractivity contribution < 1.29 is 14.7 Å². The number of aliphatic imine (C=N–C) groups is 2. The number of fused-ring (bicyclic) bond motifs is 1. The zero-order valence-corrected chi connectivity index (χ0v) is 9.24. The standard InChI is InChI=1S/C10H10N2O3S/c13-8(14)3-1-2-7-11-9(15)6-4-5-16-10(6)12-7/h4-6H,1-3H2,(H,13,14). The average Bonchev–Trinajstić information content (AvgIpc) is 2.65. The first-order chi connectivity index (χ1) is 7.66. The first-order valence-corrected chi connectivity index (χ1v) is 5.80. The fourth-order valence-corrected chi connectivity index (χ4v) is 2.34. The average molecular weight is 238 g/mol. The van der Waals surface area contributed by atoms with Crippen LogP contribution in [0.3, 0.4) is 0 Å². The van der Waals surface area contributed by atoms with Gasteiger partial charge in [-0.3, -0.25) is 9.59 Å². The number of carboxylic acid groups (broad SMARTS) is 1. The van der Waals surface area contributed by atoms with E-state index in [1.807, 2.05) is 5.41 Å². The Bertz CT molecular complexity index is 426. The molecule has 2 heterocycles. The van der Waals surface area contributed by atoms with Gasteiger partial charge in [0, 0.05) is 12.8 Å². The van der Waals surface area contributed by atoms with Gasteiger partial charge in [-0.05, 0) is 11.8 Å². The van der Waals surface area contributed by atoms with Crippen molar-refractivity contribution in [3.63, 3.8) is 0 Å². The molecule has 1 atom stereocenters. The van der Waals surface area contributed by atoms with Crippen LogP contribution in [0.5, 0.6) is 0 Å². The number of hydrogen-bond donors (Lipinski definition) is 1. The minimum Gasteiger partial charge on any atom is -0.481 e. The highest BCUT2D eigenvalue weighted by Crippen LogP contribution is 2.28. The summed E-state index contributed by atoms with van der Waals surface area (Å²) in [4.78, 5) is 30.0. The maximum absolute atomic E-state index is 11.5. The third kappa shape index (κ3) is 2.38. The van der Waals surface area contributed by atoms with Crippen molar-refractivity contribution in [3.05, 3.63) is 11.5 Å². The lowest BCUT2D eigenvalue weighted by Crippen LogP contribution is -2.22. The second-order valence-electron chi connectivity index (χ2n) is 3.49. The maximum Gasteiger partial charge on any atom is 0.303 e. The molecular formula is C10H10N2O3S. The fourth-order valence-electron chi connectivity index (χ4n) is 1.49. The molecule has 1 amide bonds. The summed E-state index contributed by atoms with van der Waals surface area (Å²) < 4.78 is 0. The molecule has 0 bridgehead atoms. The molecule has 5 nitrogen and oxygen atoms in total. The minimum absolute atomic E-state index is 0.0763. The first-order valence-electron chi connectivity index (χ1n) is 4.92. The topological polar surface area (TPSA) is 79.1 Å². The van der Waals surface area contributed by atoms with Crippen LogP contribution in [0.25, 0.3) is 0 Å². The van der Waals surface area contributed by atoms with Crippen LogP contribution >= 0.6 is 11.8 Å². The number of thioether (sulfide) groups is 1. The highest BCUT2D eigenvalue weighted by molar-refractivity contribution is 8.16. The van der Waals surface area contributed by atoms with E-state index in [2.05, 4.69) is 9.98 Å². The summed E-state index contributed by atoms with van der Waals surface area (Å²) in [5, 5.41) is 11.1. The zero-order chi connectivity index (χ0) is 11.5. The van der Waals surface area contributed by atoms with Crippen LogP contribution in [0.1, 0.15) is 19.3 Å². The Morgan fingerprint density at radius 1 is 1.50 bits per heavy atom. The Labute approximate surface area is 96.4 Å². The summed E-state index contributed by atoms with van der Waals surface area (Å²) in [6.07, 6.45) is 2.76. The maximum atomic E-state index is 11.5. The Kier molecular flexibility index (Phi) is 3.19. The predicted octanol–water partition coefficient (Wildman–Crippen LogP) is 1.46. The van der Waals surface area contributed by atoms with Crippen LogP contribution in [0, 0.1) is 5.92 Å². The van der Waals surface area contributed by atoms with Crippen LogP contribution in [0.4, 0.5) is 0 Å².